The molecule has 0 radical (unpaired) electrons. The topological polar surface area (TPSA) is 103 Å². The highest BCUT2D eigenvalue weighted by atomic mass is 19.1. The fourth-order valence-corrected chi connectivity index (χ4v) is 6.02. The van der Waals surface area contributed by atoms with Gasteiger partial charge in [-0.15, -0.1) is 0 Å². The molecular formula is C29H40FN7O3. The van der Waals surface area contributed by atoms with Crippen molar-refractivity contribution in [2.75, 3.05) is 55.5 Å². The van der Waals surface area contributed by atoms with Crippen LogP contribution in [0.25, 0.3) is 0 Å². The molecule has 2 aliphatic heterocycles. The van der Waals surface area contributed by atoms with Crippen LogP contribution in [0.15, 0.2) is 18.3 Å². The van der Waals surface area contributed by atoms with E-state index in [2.05, 4.69) is 32.3 Å². The molecule has 3 aliphatic rings. The molecule has 216 valence electrons. The van der Waals surface area contributed by atoms with Crippen LogP contribution in [-0.4, -0.2) is 79.1 Å². The summed E-state index contributed by atoms with van der Waals surface area (Å²) < 4.78 is 20.8. The Hall–Kier alpha value is -3.47. The lowest BCUT2D eigenvalue weighted by molar-refractivity contribution is -0.118. The second-order valence-corrected chi connectivity index (χ2v) is 10.9. The summed E-state index contributed by atoms with van der Waals surface area (Å²) in [7, 11) is 3.22. The molecule has 40 heavy (non-hydrogen) atoms. The number of methoxy groups -OCH3 is 1. The maximum Gasteiger partial charge on any atom is 0.254 e. The van der Waals surface area contributed by atoms with E-state index in [0.29, 0.717) is 41.9 Å². The minimum absolute atomic E-state index is 0.0172. The molecule has 5 rings (SSSR count). The normalized spacial score (nSPS) is 19.2. The van der Waals surface area contributed by atoms with Gasteiger partial charge in [0.25, 0.3) is 5.91 Å². The summed E-state index contributed by atoms with van der Waals surface area (Å²) in [4.78, 5) is 41.1. The van der Waals surface area contributed by atoms with E-state index in [1.165, 1.54) is 25.7 Å². The van der Waals surface area contributed by atoms with Crippen LogP contribution in [0.4, 0.5) is 27.5 Å². The number of rotatable bonds is 7. The molecule has 0 bridgehead atoms. The molecule has 2 N–H and O–H groups in total. The Morgan fingerprint density at radius 3 is 2.58 bits per heavy atom. The minimum Gasteiger partial charge on any atom is -0.495 e. The van der Waals surface area contributed by atoms with Gasteiger partial charge in [0.2, 0.25) is 11.9 Å². The predicted octanol–water partition coefficient (Wildman–Crippen LogP) is 4.09. The lowest BCUT2D eigenvalue weighted by Gasteiger charge is -2.35. The van der Waals surface area contributed by atoms with E-state index in [1.807, 2.05) is 0 Å². The number of fused-ring (bicyclic) bond motifs is 1. The van der Waals surface area contributed by atoms with E-state index in [-0.39, 0.29) is 23.5 Å². The number of amides is 2. The third-order valence-electron chi connectivity index (χ3n) is 8.49. The van der Waals surface area contributed by atoms with Crippen LogP contribution in [0.2, 0.25) is 0 Å². The fourth-order valence-electron chi connectivity index (χ4n) is 6.02. The van der Waals surface area contributed by atoms with Gasteiger partial charge in [0.05, 0.1) is 24.6 Å². The molecule has 0 spiro atoms. The Kier molecular flexibility index (Phi) is 8.68. The summed E-state index contributed by atoms with van der Waals surface area (Å²) in [6.45, 7) is 5.54. The first-order valence-corrected chi connectivity index (χ1v) is 14.5. The van der Waals surface area contributed by atoms with Gasteiger partial charge in [0.1, 0.15) is 17.3 Å². The van der Waals surface area contributed by atoms with Crippen LogP contribution in [0.1, 0.15) is 68.6 Å². The van der Waals surface area contributed by atoms with Crippen molar-refractivity contribution in [2.45, 2.75) is 70.4 Å². The molecule has 0 unspecified atom stereocenters. The second-order valence-electron chi connectivity index (χ2n) is 10.9. The lowest BCUT2D eigenvalue weighted by atomic mass is 9.94. The molecule has 1 aromatic carbocycles. The molecular weight excluding hydrogens is 513 g/mol. The minimum atomic E-state index is -0.657. The standard InChI is InChI=1S/C29H40FN7O3/c1-4-36-13-10-19(11-14-36)32-28(39)21-16-25(40-3)23(17-22(21)30)33-29-31-18-24-27(34-29)37(15-12-26(38)35(24)2)20-8-6-5-7-9-20/h16-20H,4-15H2,1-3H3,(H,32,39)(H,31,33,34). The summed E-state index contributed by atoms with van der Waals surface area (Å²) in [6, 6.07) is 2.99. The molecule has 10 nitrogen and oxygen atoms in total. The molecule has 1 aliphatic carbocycles. The molecule has 1 aromatic heterocycles. The third-order valence-corrected chi connectivity index (χ3v) is 8.49. The maximum absolute atomic E-state index is 15.3. The monoisotopic (exact) mass is 553 g/mol. The van der Waals surface area contributed by atoms with E-state index < -0.39 is 11.7 Å². The van der Waals surface area contributed by atoms with E-state index in [1.54, 1.807) is 18.1 Å². The first kappa shape index (κ1) is 28.1. The number of carbonyl (C=O) groups excluding carboxylic acids is 2. The Bertz CT molecular complexity index is 1230. The number of nitrogens with one attached hydrogen (secondary N) is 2. The largest absolute Gasteiger partial charge is 0.495 e. The molecule has 1 saturated carbocycles. The number of ether oxygens (including phenoxy) is 1. The average molecular weight is 554 g/mol. The number of hydrogen-bond acceptors (Lipinski definition) is 8. The number of carbonyl (C=O) groups is 2. The molecule has 2 aromatic rings. The Morgan fingerprint density at radius 2 is 1.88 bits per heavy atom. The molecule has 3 heterocycles. The molecule has 2 amide bonds. The highest BCUT2D eigenvalue weighted by Gasteiger charge is 2.31. The summed E-state index contributed by atoms with van der Waals surface area (Å²) in [6.07, 6.45) is 9.39. The quantitative estimate of drug-likeness (QED) is 0.529. The van der Waals surface area contributed by atoms with E-state index >= 15 is 4.39 Å². The van der Waals surface area contributed by atoms with Gasteiger partial charge in [0, 0.05) is 51.3 Å². The number of piperidine rings is 1. The van der Waals surface area contributed by atoms with Crippen molar-refractivity contribution in [3.8, 4) is 5.75 Å². The van der Waals surface area contributed by atoms with Gasteiger partial charge in [-0.3, -0.25) is 9.59 Å². The van der Waals surface area contributed by atoms with Crippen molar-refractivity contribution >= 4 is 35.0 Å². The van der Waals surface area contributed by atoms with Gasteiger partial charge in [-0.2, -0.15) is 4.98 Å². The van der Waals surface area contributed by atoms with E-state index in [0.717, 1.165) is 58.2 Å². The molecule has 1 saturated heterocycles. The van der Waals surface area contributed by atoms with Gasteiger partial charge in [-0.1, -0.05) is 26.2 Å². The zero-order chi connectivity index (χ0) is 28.2. The number of halogens is 1. The van der Waals surface area contributed by atoms with Gasteiger partial charge >= 0.3 is 0 Å². The first-order valence-electron chi connectivity index (χ1n) is 14.5. The van der Waals surface area contributed by atoms with Crippen LogP contribution in [0, 0.1) is 5.82 Å². The van der Waals surface area contributed by atoms with Gasteiger partial charge < -0.3 is 30.1 Å². The number of nitrogens with zero attached hydrogens (tertiary/aromatic N) is 5. The smallest absolute Gasteiger partial charge is 0.254 e. The van der Waals surface area contributed by atoms with Gasteiger partial charge in [0.15, 0.2) is 5.82 Å². The molecule has 11 heteroatoms. The Morgan fingerprint density at radius 1 is 1.12 bits per heavy atom. The zero-order valence-corrected chi connectivity index (χ0v) is 23.7. The van der Waals surface area contributed by atoms with Gasteiger partial charge in [-0.05, 0) is 38.3 Å². The van der Waals surface area contributed by atoms with Crippen LogP contribution in [0.3, 0.4) is 0 Å². The van der Waals surface area contributed by atoms with E-state index in [4.69, 9.17) is 9.72 Å². The molecule has 0 atom stereocenters. The number of anilines is 4. The average Bonchev–Trinajstić information content (AvgIpc) is 3.09. The van der Waals surface area contributed by atoms with Crippen molar-refractivity contribution in [2.24, 2.45) is 0 Å². The Labute approximate surface area is 235 Å². The lowest BCUT2D eigenvalue weighted by Crippen LogP contribution is -2.44. The fraction of sp³-hybridized carbons (Fsp3) is 0.586. The third kappa shape index (κ3) is 5.99. The van der Waals surface area contributed by atoms with Crippen molar-refractivity contribution in [1.82, 2.24) is 20.2 Å². The van der Waals surface area contributed by atoms with Crippen molar-refractivity contribution in [1.29, 1.82) is 0 Å². The number of benzene rings is 1. The van der Waals surface area contributed by atoms with Crippen molar-refractivity contribution in [3.05, 3.63) is 29.7 Å². The van der Waals surface area contributed by atoms with Crippen LogP contribution < -0.4 is 25.2 Å². The van der Waals surface area contributed by atoms with Crippen molar-refractivity contribution < 1.29 is 18.7 Å². The summed E-state index contributed by atoms with van der Waals surface area (Å²) in [5.74, 6) is 0.187. The summed E-state index contributed by atoms with van der Waals surface area (Å²) >= 11 is 0. The van der Waals surface area contributed by atoms with Crippen LogP contribution in [-0.2, 0) is 4.79 Å². The number of likely N-dealkylation sites (tertiary alicyclic amines) is 1. The first-order chi connectivity index (χ1) is 19.4. The number of aromatic nitrogens is 2. The summed E-state index contributed by atoms with van der Waals surface area (Å²) in [5, 5.41) is 6.07. The zero-order valence-electron chi connectivity index (χ0n) is 23.7. The second kappa shape index (κ2) is 12.4. The van der Waals surface area contributed by atoms with E-state index in [9.17, 15) is 9.59 Å². The highest BCUT2D eigenvalue weighted by Crippen LogP contribution is 2.37. The van der Waals surface area contributed by atoms with Crippen LogP contribution >= 0.6 is 0 Å². The predicted molar refractivity (Wildman–Crippen MR) is 153 cm³/mol. The Balaban J connectivity index is 1.37. The maximum atomic E-state index is 15.3. The highest BCUT2D eigenvalue weighted by molar-refractivity contribution is 5.97. The van der Waals surface area contributed by atoms with Crippen molar-refractivity contribution in [3.63, 3.8) is 0 Å². The SMILES string of the molecule is CCN1CCC(NC(=O)c2cc(OC)c(Nc3ncc4c(n3)N(C3CCCCC3)CCC(=O)N4C)cc2F)CC1. The van der Waals surface area contributed by atoms with Crippen LogP contribution in [0.5, 0.6) is 5.75 Å². The van der Waals surface area contributed by atoms with Gasteiger partial charge in [-0.25, -0.2) is 9.37 Å². The summed E-state index contributed by atoms with van der Waals surface area (Å²) in [5.41, 5.74) is 0.912. The molecule has 2 fully saturated rings. The number of hydrogen-bond donors (Lipinski definition) is 2.